The average molecular weight is 576 g/mol. The third kappa shape index (κ3) is 6.58. The summed E-state index contributed by atoms with van der Waals surface area (Å²) >= 11 is 6.74. The van der Waals surface area contributed by atoms with E-state index in [0.717, 1.165) is 11.6 Å². The number of amides is 1. The van der Waals surface area contributed by atoms with E-state index in [4.69, 9.17) is 4.74 Å². The van der Waals surface area contributed by atoms with Crippen molar-refractivity contribution in [2.24, 2.45) is 5.10 Å². The van der Waals surface area contributed by atoms with Crippen LogP contribution >= 0.6 is 31.9 Å². The highest BCUT2D eigenvalue weighted by atomic mass is 79.9. The summed E-state index contributed by atoms with van der Waals surface area (Å²) in [5.41, 5.74) is 4.53. The number of rotatable bonds is 5. The second kappa shape index (κ2) is 10.4. The molecular weight excluding hydrogens is 555 g/mol. The fourth-order valence-electron chi connectivity index (χ4n) is 2.90. The van der Waals surface area contributed by atoms with Crippen LogP contribution in [0, 0.1) is 5.82 Å². The molecule has 0 aromatic heterocycles. The lowest BCUT2D eigenvalue weighted by molar-refractivity contribution is 0.0732. The first kappa shape index (κ1) is 24.8. The Bertz CT molecular complexity index is 1220. The molecule has 0 spiro atoms. The molecule has 0 aliphatic rings. The van der Waals surface area contributed by atoms with Crippen LogP contribution in [-0.2, 0) is 5.41 Å². The molecule has 0 saturated carbocycles. The van der Waals surface area contributed by atoms with Gasteiger partial charge in [-0.05, 0) is 69.4 Å². The van der Waals surface area contributed by atoms with Crippen LogP contribution in [0.4, 0.5) is 4.39 Å². The molecule has 8 heteroatoms. The lowest BCUT2D eigenvalue weighted by atomic mass is 9.87. The van der Waals surface area contributed by atoms with Crippen molar-refractivity contribution < 1.29 is 18.7 Å². The van der Waals surface area contributed by atoms with Crippen molar-refractivity contribution >= 4 is 50.0 Å². The quantitative estimate of drug-likeness (QED) is 0.161. The molecule has 0 unspecified atom stereocenters. The highest BCUT2D eigenvalue weighted by molar-refractivity contribution is 9.11. The number of hydrogen-bond donors (Lipinski definition) is 1. The summed E-state index contributed by atoms with van der Waals surface area (Å²) in [4.78, 5) is 24.9. The van der Waals surface area contributed by atoms with Crippen molar-refractivity contribution in [2.75, 3.05) is 0 Å². The molecule has 1 amide bonds. The topological polar surface area (TPSA) is 67.8 Å². The smallest absolute Gasteiger partial charge is 0.343 e. The number of esters is 1. The number of benzene rings is 3. The van der Waals surface area contributed by atoms with Gasteiger partial charge in [0, 0.05) is 15.6 Å². The van der Waals surface area contributed by atoms with E-state index >= 15 is 0 Å². The number of carbonyl (C=O) groups excluding carboxylic acids is 2. The molecule has 3 aromatic carbocycles. The summed E-state index contributed by atoms with van der Waals surface area (Å²) < 4.78 is 20.1. The molecule has 33 heavy (non-hydrogen) atoms. The highest BCUT2D eigenvalue weighted by Gasteiger charge is 2.17. The van der Waals surface area contributed by atoms with Gasteiger partial charge in [-0.3, -0.25) is 4.79 Å². The van der Waals surface area contributed by atoms with Gasteiger partial charge in [0.2, 0.25) is 0 Å². The van der Waals surface area contributed by atoms with Gasteiger partial charge in [0.05, 0.1) is 16.3 Å². The monoisotopic (exact) mass is 574 g/mol. The Hall–Kier alpha value is -2.84. The Kier molecular flexibility index (Phi) is 7.81. The zero-order valence-corrected chi connectivity index (χ0v) is 21.3. The summed E-state index contributed by atoms with van der Waals surface area (Å²) in [6.45, 7) is 6.30. The van der Waals surface area contributed by atoms with E-state index in [-0.39, 0.29) is 22.6 Å². The van der Waals surface area contributed by atoms with Gasteiger partial charge < -0.3 is 4.74 Å². The molecule has 1 N–H and O–H groups in total. The highest BCUT2D eigenvalue weighted by Crippen LogP contribution is 2.32. The predicted molar refractivity (Wildman–Crippen MR) is 133 cm³/mol. The van der Waals surface area contributed by atoms with Gasteiger partial charge in [-0.1, -0.05) is 54.9 Å². The van der Waals surface area contributed by atoms with Gasteiger partial charge in [-0.2, -0.15) is 5.10 Å². The van der Waals surface area contributed by atoms with Crippen molar-refractivity contribution in [3.05, 3.63) is 97.7 Å². The third-order valence-corrected chi connectivity index (χ3v) is 5.72. The SMILES string of the molecule is CC(C)(C)c1ccc(C(=O)N/N=C/c2cc(Br)cc(Br)c2OC(=O)c2cccc(F)c2)cc1. The minimum atomic E-state index is -0.727. The van der Waals surface area contributed by atoms with E-state index in [1.165, 1.54) is 24.4 Å². The lowest BCUT2D eigenvalue weighted by Crippen LogP contribution is -2.18. The third-order valence-electron chi connectivity index (χ3n) is 4.68. The number of hydrazone groups is 1. The first-order valence-corrected chi connectivity index (χ1v) is 11.5. The van der Waals surface area contributed by atoms with Crippen LogP contribution in [0.5, 0.6) is 5.75 Å². The molecule has 0 fully saturated rings. The summed E-state index contributed by atoms with van der Waals surface area (Å²) in [7, 11) is 0. The first-order valence-electron chi connectivity index (χ1n) is 9.95. The Morgan fingerprint density at radius 3 is 2.33 bits per heavy atom. The minimum Gasteiger partial charge on any atom is -0.421 e. The van der Waals surface area contributed by atoms with Gasteiger partial charge in [-0.15, -0.1) is 0 Å². The van der Waals surface area contributed by atoms with E-state index in [0.29, 0.717) is 20.1 Å². The standard InChI is InChI=1S/C25H21Br2FN2O3/c1-25(2,3)18-9-7-15(8-10-18)23(31)30-29-14-17-11-19(26)13-21(27)22(17)33-24(32)16-5-4-6-20(28)12-16/h4-14H,1-3H3,(H,30,31)/b29-14+. The Labute approximate surface area is 208 Å². The van der Waals surface area contributed by atoms with Crippen molar-refractivity contribution in [1.82, 2.24) is 5.43 Å². The molecule has 0 aliphatic carbocycles. The Morgan fingerprint density at radius 1 is 1.00 bits per heavy atom. The molecular formula is C25H21Br2FN2O3. The fourth-order valence-corrected chi connectivity index (χ4v) is 4.24. The number of halogens is 3. The Morgan fingerprint density at radius 2 is 1.70 bits per heavy atom. The van der Waals surface area contributed by atoms with Crippen LogP contribution in [-0.4, -0.2) is 18.1 Å². The predicted octanol–water partition coefficient (Wildman–Crippen LogP) is 6.63. The molecule has 0 saturated heterocycles. The van der Waals surface area contributed by atoms with Crippen LogP contribution in [0.1, 0.15) is 52.6 Å². The van der Waals surface area contributed by atoms with Crippen LogP contribution in [0.25, 0.3) is 0 Å². The number of nitrogens with zero attached hydrogens (tertiary/aromatic N) is 1. The molecule has 3 rings (SSSR count). The molecule has 3 aromatic rings. The summed E-state index contributed by atoms with van der Waals surface area (Å²) in [6, 6.07) is 15.9. The van der Waals surface area contributed by atoms with Gasteiger partial charge >= 0.3 is 5.97 Å². The zero-order chi connectivity index (χ0) is 24.2. The van der Waals surface area contributed by atoms with Gasteiger partial charge in [0.25, 0.3) is 5.91 Å². The molecule has 0 aliphatic heterocycles. The summed E-state index contributed by atoms with van der Waals surface area (Å²) in [6.07, 6.45) is 1.37. The lowest BCUT2D eigenvalue weighted by Gasteiger charge is -2.18. The second-order valence-corrected chi connectivity index (χ2v) is 10.0. The number of hydrogen-bond acceptors (Lipinski definition) is 4. The molecule has 0 heterocycles. The summed E-state index contributed by atoms with van der Waals surface area (Å²) in [5, 5.41) is 4.01. The van der Waals surface area contributed by atoms with Crippen molar-refractivity contribution in [1.29, 1.82) is 0 Å². The average Bonchev–Trinajstić information content (AvgIpc) is 2.75. The van der Waals surface area contributed by atoms with Crippen LogP contribution in [0.3, 0.4) is 0 Å². The molecule has 0 bridgehead atoms. The summed E-state index contributed by atoms with van der Waals surface area (Å²) in [5.74, 6) is -1.46. The molecule has 0 atom stereocenters. The molecule has 5 nitrogen and oxygen atoms in total. The largest absolute Gasteiger partial charge is 0.421 e. The zero-order valence-electron chi connectivity index (χ0n) is 18.2. The van der Waals surface area contributed by atoms with E-state index in [2.05, 4.69) is 63.2 Å². The second-order valence-electron chi connectivity index (χ2n) is 8.23. The van der Waals surface area contributed by atoms with Gasteiger partial charge in [-0.25, -0.2) is 14.6 Å². The van der Waals surface area contributed by atoms with E-state index in [1.807, 2.05) is 12.1 Å². The number of nitrogens with one attached hydrogen (secondary N) is 1. The fraction of sp³-hybridized carbons (Fsp3) is 0.160. The maximum absolute atomic E-state index is 13.5. The normalized spacial score (nSPS) is 11.5. The van der Waals surface area contributed by atoms with Gasteiger partial charge in [0.1, 0.15) is 5.82 Å². The van der Waals surface area contributed by atoms with Crippen LogP contribution in [0.15, 0.2) is 74.7 Å². The van der Waals surface area contributed by atoms with Crippen LogP contribution in [0.2, 0.25) is 0 Å². The Balaban J connectivity index is 1.77. The number of ether oxygens (including phenoxy) is 1. The first-order chi connectivity index (χ1) is 15.5. The maximum Gasteiger partial charge on any atom is 0.343 e. The van der Waals surface area contributed by atoms with Crippen LogP contribution < -0.4 is 10.2 Å². The van der Waals surface area contributed by atoms with Crippen molar-refractivity contribution in [2.45, 2.75) is 26.2 Å². The minimum absolute atomic E-state index is 0.0133. The molecule has 170 valence electrons. The molecule has 0 radical (unpaired) electrons. The van der Waals surface area contributed by atoms with Gasteiger partial charge in [0.15, 0.2) is 5.75 Å². The van der Waals surface area contributed by atoms with Crippen molar-refractivity contribution in [3.8, 4) is 5.75 Å². The maximum atomic E-state index is 13.5. The number of carbonyl (C=O) groups is 2. The van der Waals surface area contributed by atoms with E-state index < -0.39 is 11.8 Å². The van der Waals surface area contributed by atoms with E-state index in [1.54, 1.807) is 24.3 Å². The van der Waals surface area contributed by atoms with Crippen molar-refractivity contribution in [3.63, 3.8) is 0 Å². The van der Waals surface area contributed by atoms with E-state index in [9.17, 15) is 14.0 Å².